The molecule has 0 heterocycles. The van der Waals surface area contributed by atoms with Gasteiger partial charge in [0.2, 0.25) is 0 Å². The molecule has 0 atom stereocenters. The average molecular weight is 338 g/mol. The number of ether oxygens (including phenoxy) is 1. The van der Waals surface area contributed by atoms with Crippen LogP contribution in [0.15, 0.2) is 60.7 Å². The highest BCUT2D eigenvalue weighted by atomic mass is 16.5. The van der Waals surface area contributed by atoms with E-state index >= 15 is 0 Å². The number of unbranched alkanes of at least 4 members (excludes halogenated alkanes) is 4. The first-order valence-electron chi connectivity index (χ1n) is 9.44. The molecule has 0 aliphatic heterocycles. The number of nitrogens with zero attached hydrogens (tertiary/aromatic N) is 1. The van der Waals surface area contributed by atoms with Gasteiger partial charge < -0.3 is 9.64 Å². The Morgan fingerprint density at radius 3 is 2.28 bits per heavy atom. The Morgan fingerprint density at radius 2 is 1.60 bits per heavy atom. The highest BCUT2D eigenvalue weighted by Gasteiger charge is 2.05. The standard InChI is InChI=1S/C23H31NO/c1-3-4-5-6-10-19-24(22-15-17-23(25-2)18-16-22)20-11-14-21-12-8-7-9-13-21/h7-9,11-18H,3-6,10,19-20H2,1-2H3/b14-11+. The molecule has 2 nitrogen and oxygen atoms in total. The van der Waals surface area contributed by atoms with Gasteiger partial charge in [0, 0.05) is 18.8 Å². The van der Waals surface area contributed by atoms with Gasteiger partial charge in [0.15, 0.2) is 0 Å². The zero-order valence-corrected chi connectivity index (χ0v) is 15.7. The Kier molecular flexibility index (Phi) is 8.68. The van der Waals surface area contributed by atoms with Crippen LogP contribution in [-0.2, 0) is 0 Å². The van der Waals surface area contributed by atoms with E-state index in [2.05, 4.69) is 66.4 Å². The molecule has 2 heteroatoms. The van der Waals surface area contributed by atoms with Crippen LogP contribution in [0.5, 0.6) is 5.75 Å². The van der Waals surface area contributed by atoms with Crippen molar-refractivity contribution in [1.82, 2.24) is 0 Å². The second kappa shape index (κ2) is 11.4. The molecule has 0 aromatic heterocycles. The van der Waals surface area contributed by atoms with Gasteiger partial charge in [-0.25, -0.2) is 0 Å². The number of hydrogen-bond acceptors (Lipinski definition) is 2. The lowest BCUT2D eigenvalue weighted by Gasteiger charge is -2.23. The van der Waals surface area contributed by atoms with Gasteiger partial charge in [0.25, 0.3) is 0 Å². The van der Waals surface area contributed by atoms with Crippen molar-refractivity contribution in [2.75, 3.05) is 25.1 Å². The van der Waals surface area contributed by atoms with Gasteiger partial charge in [0.05, 0.1) is 7.11 Å². The molecule has 134 valence electrons. The highest BCUT2D eigenvalue weighted by Crippen LogP contribution is 2.20. The lowest BCUT2D eigenvalue weighted by molar-refractivity contribution is 0.415. The highest BCUT2D eigenvalue weighted by molar-refractivity contribution is 5.53. The summed E-state index contributed by atoms with van der Waals surface area (Å²) in [6.45, 7) is 4.28. The Balaban J connectivity index is 1.96. The van der Waals surface area contributed by atoms with E-state index < -0.39 is 0 Å². The Hall–Kier alpha value is -2.22. The van der Waals surface area contributed by atoms with E-state index in [4.69, 9.17) is 4.74 Å². The number of methoxy groups -OCH3 is 1. The minimum atomic E-state index is 0.909. The molecule has 0 N–H and O–H groups in total. The normalized spacial score (nSPS) is 11.0. The maximum atomic E-state index is 5.28. The quantitative estimate of drug-likeness (QED) is 0.454. The van der Waals surface area contributed by atoms with Crippen LogP contribution in [0.3, 0.4) is 0 Å². The Labute approximate surface area is 153 Å². The first-order valence-corrected chi connectivity index (χ1v) is 9.44. The van der Waals surface area contributed by atoms with Gasteiger partial charge in [-0.3, -0.25) is 0 Å². The fourth-order valence-electron chi connectivity index (χ4n) is 2.91. The topological polar surface area (TPSA) is 12.5 Å². The average Bonchev–Trinajstić information content (AvgIpc) is 2.67. The number of hydrogen-bond donors (Lipinski definition) is 0. The van der Waals surface area contributed by atoms with Gasteiger partial charge in [-0.05, 0) is 36.2 Å². The van der Waals surface area contributed by atoms with Crippen LogP contribution in [0.1, 0.15) is 44.6 Å². The van der Waals surface area contributed by atoms with Crippen LogP contribution >= 0.6 is 0 Å². The van der Waals surface area contributed by atoms with E-state index in [9.17, 15) is 0 Å². The van der Waals surface area contributed by atoms with Crippen LogP contribution < -0.4 is 9.64 Å². The van der Waals surface area contributed by atoms with Crippen LogP contribution in [0.4, 0.5) is 5.69 Å². The van der Waals surface area contributed by atoms with E-state index in [0.29, 0.717) is 0 Å². The molecular weight excluding hydrogens is 306 g/mol. The SMILES string of the molecule is CCCCCCCN(C/C=C/c1ccccc1)c1ccc(OC)cc1. The predicted octanol–water partition coefficient (Wildman–Crippen LogP) is 6.19. The predicted molar refractivity (Wildman–Crippen MR) is 109 cm³/mol. The third kappa shape index (κ3) is 7.04. The minimum Gasteiger partial charge on any atom is -0.497 e. The fourth-order valence-corrected chi connectivity index (χ4v) is 2.91. The lowest BCUT2D eigenvalue weighted by atomic mass is 10.1. The van der Waals surface area contributed by atoms with E-state index in [-0.39, 0.29) is 0 Å². The molecular formula is C23H31NO. The molecule has 0 saturated heterocycles. The maximum Gasteiger partial charge on any atom is 0.119 e. The van der Waals surface area contributed by atoms with Crippen molar-refractivity contribution in [3.8, 4) is 5.75 Å². The summed E-state index contributed by atoms with van der Waals surface area (Å²) in [6.07, 6.45) is 11.0. The first-order chi connectivity index (χ1) is 12.3. The van der Waals surface area contributed by atoms with Crippen molar-refractivity contribution in [1.29, 1.82) is 0 Å². The maximum absolute atomic E-state index is 5.28. The van der Waals surface area contributed by atoms with E-state index in [1.807, 2.05) is 12.1 Å². The van der Waals surface area contributed by atoms with Crippen LogP contribution in [0.2, 0.25) is 0 Å². The zero-order chi connectivity index (χ0) is 17.7. The summed E-state index contributed by atoms with van der Waals surface area (Å²) < 4.78 is 5.28. The molecule has 0 bridgehead atoms. The minimum absolute atomic E-state index is 0.909. The number of rotatable bonds is 11. The molecule has 0 amide bonds. The van der Waals surface area contributed by atoms with Gasteiger partial charge in [-0.1, -0.05) is 75.1 Å². The molecule has 0 aliphatic carbocycles. The Bertz CT molecular complexity index is 604. The van der Waals surface area contributed by atoms with Crippen LogP contribution in [0, 0.1) is 0 Å². The summed E-state index contributed by atoms with van der Waals surface area (Å²) in [4.78, 5) is 2.45. The van der Waals surface area contributed by atoms with Crippen molar-refractivity contribution < 1.29 is 4.74 Å². The summed E-state index contributed by atoms with van der Waals surface area (Å²) in [6, 6.07) is 18.9. The fraction of sp³-hybridized carbons (Fsp3) is 0.391. The van der Waals surface area contributed by atoms with E-state index in [0.717, 1.165) is 18.8 Å². The summed E-state index contributed by atoms with van der Waals surface area (Å²) in [7, 11) is 1.71. The summed E-state index contributed by atoms with van der Waals surface area (Å²) in [5.41, 5.74) is 2.51. The monoisotopic (exact) mass is 337 g/mol. The smallest absolute Gasteiger partial charge is 0.119 e. The molecule has 0 radical (unpaired) electrons. The second-order valence-corrected chi connectivity index (χ2v) is 6.37. The van der Waals surface area contributed by atoms with Gasteiger partial charge in [0.1, 0.15) is 5.75 Å². The van der Waals surface area contributed by atoms with Crippen molar-refractivity contribution in [2.24, 2.45) is 0 Å². The molecule has 0 saturated carbocycles. The summed E-state index contributed by atoms with van der Waals surface area (Å²) in [5.74, 6) is 0.909. The van der Waals surface area contributed by atoms with Gasteiger partial charge in [-0.15, -0.1) is 0 Å². The first kappa shape index (κ1) is 19.1. The molecule has 0 unspecified atom stereocenters. The van der Waals surface area contributed by atoms with E-state index in [1.165, 1.54) is 43.4 Å². The summed E-state index contributed by atoms with van der Waals surface area (Å²) >= 11 is 0. The summed E-state index contributed by atoms with van der Waals surface area (Å²) in [5, 5.41) is 0. The molecule has 2 rings (SSSR count). The van der Waals surface area contributed by atoms with Crippen LogP contribution in [-0.4, -0.2) is 20.2 Å². The molecule has 0 spiro atoms. The van der Waals surface area contributed by atoms with E-state index in [1.54, 1.807) is 7.11 Å². The third-order valence-corrected chi connectivity index (χ3v) is 4.40. The Morgan fingerprint density at radius 1 is 0.880 bits per heavy atom. The van der Waals surface area contributed by atoms with Crippen molar-refractivity contribution in [2.45, 2.75) is 39.0 Å². The largest absolute Gasteiger partial charge is 0.497 e. The zero-order valence-electron chi connectivity index (χ0n) is 15.7. The number of anilines is 1. The third-order valence-electron chi connectivity index (χ3n) is 4.40. The molecule has 2 aromatic rings. The lowest BCUT2D eigenvalue weighted by Crippen LogP contribution is -2.24. The van der Waals surface area contributed by atoms with Crippen molar-refractivity contribution in [3.63, 3.8) is 0 Å². The van der Waals surface area contributed by atoms with Crippen molar-refractivity contribution in [3.05, 3.63) is 66.2 Å². The molecule has 25 heavy (non-hydrogen) atoms. The number of benzene rings is 2. The van der Waals surface area contributed by atoms with Gasteiger partial charge in [-0.2, -0.15) is 0 Å². The van der Waals surface area contributed by atoms with Crippen LogP contribution in [0.25, 0.3) is 6.08 Å². The molecule has 2 aromatic carbocycles. The second-order valence-electron chi connectivity index (χ2n) is 6.37. The van der Waals surface area contributed by atoms with Crippen molar-refractivity contribution >= 4 is 11.8 Å². The van der Waals surface area contributed by atoms with Gasteiger partial charge >= 0.3 is 0 Å². The molecule has 0 fully saturated rings. The molecule has 0 aliphatic rings.